The van der Waals surface area contributed by atoms with E-state index in [1.807, 2.05) is 0 Å². The van der Waals surface area contributed by atoms with Gasteiger partial charge in [0.25, 0.3) is 5.91 Å². The Bertz CT molecular complexity index is 437. The van der Waals surface area contributed by atoms with Crippen molar-refractivity contribution in [3.63, 3.8) is 0 Å². The van der Waals surface area contributed by atoms with Gasteiger partial charge in [0.05, 0.1) is 11.0 Å². The van der Waals surface area contributed by atoms with Gasteiger partial charge in [-0.1, -0.05) is 5.16 Å². The largest absolute Gasteiger partial charge is 0.409 e. The van der Waals surface area contributed by atoms with E-state index in [9.17, 15) is 9.18 Å². The molecule has 7 heteroatoms. The van der Waals surface area contributed by atoms with Crippen LogP contribution < -0.4 is 11.1 Å². The summed E-state index contributed by atoms with van der Waals surface area (Å²) >= 11 is 2.97. The number of carbonyl (C=O) groups is 1. The molecular weight excluding hydrogens is 281 g/mol. The first kappa shape index (κ1) is 12.4. The Morgan fingerprint density at radius 3 is 2.88 bits per heavy atom. The molecule has 16 heavy (non-hydrogen) atoms. The van der Waals surface area contributed by atoms with Crippen molar-refractivity contribution >= 4 is 27.7 Å². The standard InChI is InChI=1S/C9H9BrFN3O2/c10-6-2-1-5(3-7(6)11)9(15)13-4-8(12)14-16/h1-3,16H,4H2,(H2,12,14)(H,13,15). The quantitative estimate of drug-likeness (QED) is 0.337. The van der Waals surface area contributed by atoms with Gasteiger partial charge in [-0.2, -0.15) is 0 Å². The van der Waals surface area contributed by atoms with Gasteiger partial charge in [-0.25, -0.2) is 4.39 Å². The normalized spacial score (nSPS) is 11.2. The number of amides is 1. The Balaban J connectivity index is 2.70. The van der Waals surface area contributed by atoms with Crippen LogP contribution in [0.3, 0.4) is 0 Å². The average Bonchev–Trinajstić information content (AvgIpc) is 2.29. The molecule has 0 spiro atoms. The van der Waals surface area contributed by atoms with Gasteiger partial charge >= 0.3 is 0 Å². The Labute approximate surface area is 99.3 Å². The SMILES string of the molecule is NC(CNC(=O)c1ccc(Br)c(F)c1)=NO. The Hall–Kier alpha value is -1.63. The maximum Gasteiger partial charge on any atom is 0.251 e. The van der Waals surface area contributed by atoms with Crippen LogP contribution in [0, 0.1) is 5.82 Å². The van der Waals surface area contributed by atoms with Crippen LogP contribution in [0.25, 0.3) is 0 Å². The summed E-state index contributed by atoms with van der Waals surface area (Å²) in [6.45, 7) is -0.104. The molecule has 1 aromatic rings. The number of halogens is 2. The first-order chi connectivity index (χ1) is 7.54. The smallest absolute Gasteiger partial charge is 0.251 e. The van der Waals surface area contributed by atoms with Crippen molar-refractivity contribution in [2.75, 3.05) is 6.54 Å². The van der Waals surface area contributed by atoms with Gasteiger partial charge in [-0.3, -0.25) is 4.79 Å². The van der Waals surface area contributed by atoms with Gasteiger partial charge in [-0.15, -0.1) is 0 Å². The second-order valence-corrected chi connectivity index (χ2v) is 3.76. The lowest BCUT2D eigenvalue weighted by atomic mass is 10.2. The molecule has 1 amide bonds. The fourth-order valence-corrected chi connectivity index (χ4v) is 1.19. The van der Waals surface area contributed by atoms with Crippen LogP contribution in [0.2, 0.25) is 0 Å². The molecule has 0 bridgehead atoms. The summed E-state index contributed by atoms with van der Waals surface area (Å²) in [5.74, 6) is -1.17. The third-order valence-electron chi connectivity index (χ3n) is 1.74. The number of rotatable bonds is 3. The topological polar surface area (TPSA) is 87.7 Å². The summed E-state index contributed by atoms with van der Waals surface area (Å²) in [5.41, 5.74) is 5.32. The number of oxime groups is 1. The molecule has 0 aliphatic carbocycles. The van der Waals surface area contributed by atoms with E-state index in [1.165, 1.54) is 12.1 Å². The molecule has 0 saturated heterocycles. The minimum absolute atomic E-state index is 0.104. The first-order valence-electron chi connectivity index (χ1n) is 4.24. The molecule has 1 rings (SSSR count). The molecule has 86 valence electrons. The molecule has 0 aliphatic heterocycles. The van der Waals surface area contributed by atoms with Crippen LogP contribution in [0.15, 0.2) is 27.8 Å². The van der Waals surface area contributed by atoms with E-state index >= 15 is 0 Å². The molecule has 0 aromatic heterocycles. The van der Waals surface area contributed by atoms with Crippen LogP contribution in [-0.2, 0) is 0 Å². The van der Waals surface area contributed by atoms with Crippen molar-refractivity contribution < 1.29 is 14.4 Å². The van der Waals surface area contributed by atoms with E-state index in [0.717, 1.165) is 6.07 Å². The van der Waals surface area contributed by atoms with Crippen LogP contribution in [0.5, 0.6) is 0 Å². The molecule has 0 radical (unpaired) electrons. The zero-order valence-electron chi connectivity index (χ0n) is 8.08. The van der Waals surface area contributed by atoms with Gasteiger partial charge in [0.15, 0.2) is 5.84 Å². The minimum Gasteiger partial charge on any atom is -0.409 e. The average molecular weight is 290 g/mol. The Morgan fingerprint density at radius 1 is 1.62 bits per heavy atom. The molecule has 0 heterocycles. The Morgan fingerprint density at radius 2 is 2.31 bits per heavy atom. The first-order valence-corrected chi connectivity index (χ1v) is 5.03. The van der Waals surface area contributed by atoms with Gasteiger partial charge in [-0.05, 0) is 34.1 Å². The number of carbonyl (C=O) groups excluding carboxylic acids is 1. The number of nitrogens with two attached hydrogens (primary N) is 1. The van der Waals surface area contributed by atoms with E-state index in [-0.39, 0.29) is 22.4 Å². The molecular formula is C9H9BrFN3O2. The number of benzene rings is 1. The Kier molecular flexibility index (Phi) is 4.24. The summed E-state index contributed by atoms with van der Waals surface area (Å²) in [6.07, 6.45) is 0. The lowest BCUT2D eigenvalue weighted by Gasteiger charge is -2.04. The van der Waals surface area contributed by atoms with Crippen molar-refractivity contribution in [1.29, 1.82) is 0 Å². The van der Waals surface area contributed by atoms with E-state index in [2.05, 4.69) is 26.4 Å². The highest BCUT2D eigenvalue weighted by atomic mass is 79.9. The fourth-order valence-electron chi connectivity index (χ4n) is 0.946. The molecule has 0 unspecified atom stereocenters. The van der Waals surface area contributed by atoms with E-state index in [1.54, 1.807) is 0 Å². The number of hydrogen-bond acceptors (Lipinski definition) is 3. The lowest BCUT2D eigenvalue weighted by molar-refractivity contribution is 0.0958. The fraction of sp³-hybridized carbons (Fsp3) is 0.111. The zero-order chi connectivity index (χ0) is 12.1. The van der Waals surface area contributed by atoms with E-state index in [0.29, 0.717) is 0 Å². The summed E-state index contributed by atoms with van der Waals surface area (Å²) < 4.78 is 13.4. The van der Waals surface area contributed by atoms with Gasteiger partial charge < -0.3 is 16.3 Å². The number of nitrogens with zero attached hydrogens (tertiary/aromatic N) is 1. The van der Waals surface area contributed by atoms with Crippen molar-refractivity contribution in [2.24, 2.45) is 10.9 Å². The summed E-state index contributed by atoms with van der Waals surface area (Å²) in [4.78, 5) is 11.4. The van der Waals surface area contributed by atoms with Crippen molar-refractivity contribution in [3.05, 3.63) is 34.1 Å². The van der Waals surface area contributed by atoms with Crippen molar-refractivity contribution in [1.82, 2.24) is 5.32 Å². The maximum absolute atomic E-state index is 13.1. The van der Waals surface area contributed by atoms with Crippen LogP contribution in [0.4, 0.5) is 4.39 Å². The second-order valence-electron chi connectivity index (χ2n) is 2.90. The number of amidine groups is 1. The molecule has 0 atom stereocenters. The predicted molar refractivity (Wildman–Crippen MR) is 59.8 cm³/mol. The van der Waals surface area contributed by atoms with E-state index in [4.69, 9.17) is 10.9 Å². The lowest BCUT2D eigenvalue weighted by Crippen LogP contribution is -2.33. The van der Waals surface area contributed by atoms with Crippen molar-refractivity contribution in [3.8, 4) is 0 Å². The number of nitrogens with one attached hydrogen (secondary N) is 1. The summed E-state index contributed by atoms with van der Waals surface area (Å²) in [7, 11) is 0. The van der Waals surface area contributed by atoms with E-state index < -0.39 is 11.7 Å². The monoisotopic (exact) mass is 289 g/mol. The third kappa shape index (κ3) is 3.20. The number of hydrogen-bond donors (Lipinski definition) is 3. The molecule has 5 nitrogen and oxygen atoms in total. The molecule has 0 fully saturated rings. The highest BCUT2D eigenvalue weighted by Gasteiger charge is 2.08. The van der Waals surface area contributed by atoms with Gasteiger partial charge in [0, 0.05) is 5.56 Å². The zero-order valence-corrected chi connectivity index (χ0v) is 9.66. The maximum atomic E-state index is 13.1. The van der Waals surface area contributed by atoms with Gasteiger partial charge in [0.2, 0.25) is 0 Å². The minimum atomic E-state index is -0.531. The third-order valence-corrected chi connectivity index (χ3v) is 2.38. The van der Waals surface area contributed by atoms with Crippen molar-refractivity contribution in [2.45, 2.75) is 0 Å². The van der Waals surface area contributed by atoms with Crippen LogP contribution >= 0.6 is 15.9 Å². The second kappa shape index (κ2) is 5.45. The van der Waals surface area contributed by atoms with Gasteiger partial charge in [0.1, 0.15) is 5.82 Å². The predicted octanol–water partition coefficient (Wildman–Crippen LogP) is 1.06. The van der Waals surface area contributed by atoms with Crippen LogP contribution in [-0.4, -0.2) is 23.5 Å². The summed E-state index contributed by atoms with van der Waals surface area (Å²) in [5, 5.41) is 13.3. The molecule has 0 saturated carbocycles. The summed E-state index contributed by atoms with van der Waals surface area (Å²) in [6, 6.07) is 3.97. The highest BCUT2D eigenvalue weighted by molar-refractivity contribution is 9.10. The van der Waals surface area contributed by atoms with Crippen LogP contribution in [0.1, 0.15) is 10.4 Å². The molecule has 0 aliphatic rings. The highest BCUT2D eigenvalue weighted by Crippen LogP contribution is 2.16. The molecule has 4 N–H and O–H groups in total. The molecule has 1 aromatic carbocycles.